The lowest BCUT2D eigenvalue weighted by atomic mass is 10.1. The third-order valence-corrected chi connectivity index (χ3v) is 4.45. The summed E-state index contributed by atoms with van der Waals surface area (Å²) in [6.45, 7) is 1.73. The van der Waals surface area contributed by atoms with Crippen LogP contribution >= 0.6 is 15.9 Å². The molecule has 4 heteroatoms. The maximum absolute atomic E-state index is 5.99. The van der Waals surface area contributed by atoms with Crippen LogP contribution in [0.3, 0.4) is 0 Å². The summed E-state index contributed by atoms with van der Waals surface area (Å²) in [6, 6.07) is 24.4. The van der Waals surface area contributed by atoms with Crippen LogP contribution in [-0.2, 0) is 6.54 Å². The van der Waals surface area contributed by atoms with E-state index >= 15 is 0 Å². The van der Waals surface area contributed by atoms with Crippen LogP contribution < -0.4 is 14.8 Å². The molecule has 0 bridgehead atoms. The van der Waals surface area contributed by atoms with Gasteiger partial charge in [-0.2, -0.15) is 0 Å². The highest BCUT2D eigenvalue weighted by Crippen LogP contribution is 2.29. The summed E-state index contributed by atoms with van der Waals surface area (Å²) in [7, 11) is 1.92. The molecule has 3 rings (SSSR count). The van der Waals surface area contributed by atoms with E-state index in [1.54, 1.807) is 0 Å². The molecule has 0 amide bonds. The van der Waals surface area contributed by atoms with Crippen LogP contribution in [0.2, 0.25) is 0 Å². The number of benzene rings is 3. The highest BCUT2D eigenvalue weighted by Gasteiger charge is 2.07. The molecule has 1 N–H and O–H groups in total. The molecule has 0 unspecified atom stereocenters. The monoisotopic (exact) mass is 411 g/mol. The molecule has 0 radical (unpaired) electrons. The second-order valence-electron chi connectivity index (χ2n) is 5.84. The first-order valence-electron chi connectivity index (χ1n) is 8.61. The Bertz CT molecular complexity index is 837. The van der Waals surface area contributed by atoms with Crippen molar-refractivity contribution in [1.29, 1.82) is 0 Å². The van der Waals surface area contributed by atoms with Gasteiger partial charge in [-0.15, -0.1) is 0 Å². The van der Waals surface area contributed by atoms with E-state index in [-0.39, 0.29) is 0 Å². The van der Waals surface area contributed by atoms with Crippen molar-refractivity contribution in [1.82, 2.24) is 5.32 Å². The Balaban J connectivity index is 1.62. The van der Waals surface area contributed by atoms with Crippen molar-refractivity contribution in [2.45, 2.75) is 6.54 Å². The molecule has 0 aromatic heterocycles. The summed E-state index contributed by atoms with van der Waals surface area (Å²) >= 11 is 3.50. The zero-order valence-electron chi connectivity index (χ0n) is 14.7. The summed E-state index contributed by atoms with van der Waals surface area (Å²) in [5, 5.41) is 3.16. The Morgan fingerprint density at radius 3 is 2.27 bits per heavy atom. The third kappa shape index (κ3) is 4.87. The van der Waals surface area contributed by atoms with Crippen molar-refractivity contribution in [3.63, 3.8) is 0 Å². The van der Waals surface area contributed by atoms with Crippen LogP contribution in [-0.4, -0.2) is 20.3 Å². The smallest absolute Gasteiger partial charge is 0.127 e. The molecule has 0 atom stereocenters. The van der Waals surface area contributed by atoms with Crippen LogP contribution in [0.5, 0.6) is 11.5 Å². The largest absolute Gasteiger partial charge is 0.490 e. The van der Waals surface area contributed by atoms with Crippen LogP contribution in [0, 0.1) is 0 Å². The normalized spacial score (nSPS) is 10.5. The molecule has 0 aliphatic heterocycles. The number of halogens is 1. The van der Waals surface area contributed by atoms with E-state index in [1.165, 1.54) is 0 Å². The van der Waals surface area contributed by atoms with Gasteiger partial charge < -0.3 is 14.8 Å². The molecule has 3 aromatic rings. The first kappa shape index (κ1) is 18.5. The van der Waals surface area contributed by atoms with Crippen LogP contribution in [0.4, 0.5) is 0 Å². The van der Waals surface area contributed by atoms with Gasteiger partial charge in [0.15, 0.2) is 0 Å². The lowest BCUT2D eigenvalue weighted by molar-refractivity contribution is 0.216. The summed E-state index contributed by atoms with van der Waals surface area (Å²) < 4.78 is 13.0. The van der Waals surface area contributed by atoms with Crippen molar-refractivity contribution in [2.24, 2.45) is 0 Å². The minimum Gasteiger partial charge on any atom is -0.490 e. The van der Waals surface area contributed by atoms with Crippen LogP contribution in [0.25, 0.3) is 11.1 Å². The lowest BCUT2D eigenvalue weighted by Crippen LogP contribution is -2.12. The number of hydrogen-bond acceptors (Lipinski definition) is 3. The Hall–Kier alpha value is -2.30. The molecule has 0 saturated carbocycles. The number of hydrogen-bond donors (Lipinski definition) is 1. The molecular weight excluding hydrogens is 390 g/mol. The van der Waals surface area contributed by atoms with Crippen molar-refractivity contribution >= 4 is 15.9 Å². The maximum Gasteiger partial charge on any atom is 0.127 e. The topological polar surface area (TPSA) is 30.5 Å². The van der Waals surface area contributed by atoms with Gasteiger partial charge in [0.05, 0.1) is 0 Å². The molecule has 3 aromatic carbocycles. The number of para-hydroxylation sites is 1. The van der Waals surface area contributed by atoms with Gasteiger partial charge in [-0.25, -0.2) is 0 Å². The van der Waals surface area contributed by atoms with E-state index in [0.717, 1.165) is 39.2 Å². The number of ether oxygens (including phenoxy) is 2. The van der Waals surface area contributed by atoms with Crippen LogP contribution in [0.15, 0.2) is 77.3 Å². The van der Waals surface area contributed by atoms with Gasteiger partial charge in [0.25, 0.3) is 0 Å². The van der Waals surface area contributed by atoms with Gasteiger partial charge >= 0.3 is 0 Å². The molecule has 0 aliphatic rings. The van der Waals surface area contributed by atoms with Crippen LogP contribution in [0.1, 0.15) is 5.56 Å². The van der Waals surface area contributed by atoms with E-state index in [2.05, 4.69) is 45.5 Å². The Labute approximate surface area is 163 Å². The summed E-state index contributed by atoms with van der Waals surface area (Å²) in [5.41, 5.74) is 3.35. The molecule has 26 heavy (non-hydrogen) atoms. The highest BCUT2D eigenvalue weighted by molar-refractivity contribution is 9.10. The first-order chi connectivity index (χ1) is 12.8. The average molecular weight is 412 g/mol. The van der Waals surface area contributed by atoms with Gasteiger partial charge in [-0.3, -0.25) is 0 Å². The minimum absolute atomic E-state index is 0.485. The van der Waals surface area contributed by atoms with Crippen molar-refractivity contribution in [3.05, 3.63) is 82.8 Å². The van der Waals surface area contributed by atoms with E-state index in [4.69, 9.17) is 9.47 Å². The Kier molecular flexibility index (Phi) is 6.69. The maximum atomic E-state index is 5.99. The van der Waals surface area contributed by atoms with Gasteiger partial charge in [0, 0.05) is 22.1 Å². The van der Waals surface area contributed by atoms with Crippen molar-refractivity contribution in [2.75, 3.05) is 20.3 Å². The van der Waals surface area contributed by atoms with Gasteiger partial charge in [0.2, 0.25) is 0 Å². The highest BCUT2D eigenvalue weighted by atomic mass is 79.9. The summed E-state index contributed by atoms with van der Waals surface area (Å²) in [4.78, 5) is 0. The fraction of sp³-hybridized carbons (Fsp3) is 0.182. The first-order valence-corrected chi connectivity index (χ1v) is 9.40. The molecule has 0 aliphatic carbocycles. The van der Waals surface area contributed by atoms with E-state index in [9.17, 15) is 0 Å². The standard InChI is InChI=1S/C22H22BrNO2/c1-24-16-18-15-19(23)11-12-21(18)25-13-14-26-22-10-6-5-9-20(22)17-7-3-2-4-8-17/h2-12,15,24H,13-14,16H2,1H3. The molecule has 0 heterocycles. The molecule has 0 saturated heterocycles. The average Bonchev–Trinajstić information content (AvgIpc) is 2.68. The number of rotatable bonds is 8. The Morgan fingerprint density at radius 2 is 1.50 bits per heavy atom. The number of nitrogens with one attached hydrogen (secondary N) is 1. The van der Waals surface area contributed by atoms with E-state index in [1.807, 2.05) is 55.6 Å². The fourth-order valence-corrected chi connectivity index (χ4v) is 3.18. The lowest BCUT2D eigenvalue weighted by Gasteiger charge is -2.14. The van der Waals surface area contributed by atoms with Gasteiger partial charge in [-0.05, 0) is 36.9 Å². The minimum atomic E-state index is 0.485. The fourth-order valence-electron chi connectivity index (χ4n) is 2.77. The molecule has 0 spiro atoms. The Morgan fingerprint density at radius 1 is 0.808 bits per heavy atom. The van der Waals surface area contributed by atoms with Crippen molar-refractivity contribution in [3.8, 4) is 22.6 Å². The molecular formula is C22H22BrNO2. The summed E-state index contributed by atoms with van der Waals surface area (Å²) in [5.74, 6) is 1.75. The SMILES string of the molecule is CNCc1cc(Br)ccc1OCCOc1ccccc1-c1ccccc1. The zero-order chi connectivity index (χ0) is 18.2. The summed E-state index contributed by atoms with van der Waals surface area (Å²) in [6.07, 6.45) is 0. The zero-order valence-corrected chi connectivity index (χ0v) is 16.3. The van der Waals surface area contributed by atoms with Gasteiger partial charge in [0.1, 0.15) is 24.7 Å². The van der Waals surface area contributed by atoms with Gasteiger partial charge in [-0.1, -0.05) is 64.5 Å². The second-order valence-corrected chi connectivity index (χ2v) is 6.76. The molecule has 134 valence electrons. The second kappa shape index (κ2) is 9.41. The quantitative estimate of drug-likeness (QED) is 0.510. The van der Waals surface area contributed by atoms with E-state index < -0.39 is 0 Å². The predicted molar refractivity (Wildman–Crippen MR) is 110 cm³/mol. The molecule has 0 fully saturated rings. The van der Waals surface area contributed by atoms with E-state index in [0.29, 0.717) is 13.2 Å². The third-order valence-electron chi connectivity index (χ3n) is 3.96. The van der Waals surface area contributed by atoms with Crippen molar-refractivity contribution < 1.29 is 9.47 Å². The predicted octanol–water partition coefficient (Wildman–Crippen LogP) is 5.29. The molecule has 3 nitrogen and oxygen atoms in total.